The molecule has 0 aliphatic carbocycles. The molecular formula is C37H42N2O8. The Balaban J connectivity index is 1.66. The van der Waals surface area contributed by atoms with Crippen LogP contribution in [0.15, 0.2) is 72.8 Å². The first kappa shape index (κ1) is 34.5. The molecule has 0 amide bonds. The molecule has 4 aromatic carbocycles. The second-order valence-corrected chi connectivity index (χ2v) is 11.9. The van der Waals surface area contributed by atoms with Crippen LogP contribution < -0.4 is 30.4 Å². The summed E-state index contributed by atoms with van der Waals surface area (Å²) >= 11 is 0. The van der Waals surface area contributed by atoms with Crippen molar-refractivity contribution < 1.29 is 38.0 Å². The molecular weight excluding hydrogens is 600 g/mol. The average molecular weight is 643 g/mol. The van der Waals surface area contributed by atoms with Gasteiger partial charge in [-0.25, -0.2) is 9.59 Å². The number of esters is 2. The molecule has 4 aromatic rings. The van der Waals surface area contributed by atoms with Crippen molar-refractivity contribution in [2.45, 2.75) is 45.3 Å². The number of methoxy groups -OCH3 is 4. The monoisotopic (exact) mass is 642 g/mol. The summed E-state index contributed by atoms with van der Waals surface area (Å²) < 4.78 is 33.7. The number of nitrogens with two attached hydrogens (primary N) is 2. The first-order valence-electron chi connectivity index (χ1n) is 14.9. The highest BCUT2D eigenvalue weighted by atomic mass is 16.6. The molecule has 0 aromatic heterocycles. The molecule has 0 fully saturated rings. The summed E-state index contributed by atoms with van der Waals surface area (Å²) in [6.07, 6.45) is 0.145. The summed E-state index contributed by atoms with van der Waals surface area (Å²) in [5, 5.41) is 0. The average Bonchev–Trinajstić information content (AvgIpc) is 3.03. The molecule has 47 heavy (non-hydrogen) atoms. The maximum absolute atomic E-state index is 13.8. The van der Waals surface area contributed by atoms with Crippen molar-refractivity contribution in [1.29, 1.82) is 0 Å². The van der Waals surface area contributed by atoms with Gasteiger partial charge < -0.3 is 39.9 Å². The maximum Gasteiger partial charge on any atom is 0.341 e. The summed E-state index contributed by atoms with van der Waals surface area (Å²) in [6.45, 7) is 7.07. The first-order valence-corrected chi connectivity index (χ1v) is 14.9. The van der Waals surface area contributed by atoms with E-state index in [4.69, 9.17) is 39.9 Å². The third-order valence-corrected chi connectivity index (χ3v) is 7.94. The normalized spacial score (nSPS) is 11.4. The zero-order valence-corrected chi connectivity index (χ0v) is 28.1. The lowest BCUT2D eigenvalue weighted by Crippen LogP contribution is -2.27. The van der Waals surface area contributed by atoms with Crippen LogP contribution in [0, 0.1) is 0 Å². The fourth-order valence-corrected chi connectivity index (χ4v) is 5.23. The van der Waals surface area contributed by atoms with E-state index >= 15 is 0 Å². The number of carbonyl (C=O) groups is 2. The minimum absolute atomic E-state index is 0.145. The van der Waals surface area contributed by atoms with Gasteiger partial charge in [0.25, 0.3) is 0 Å². The number of anilines is 2. The zero-order chi connectivity index (χ0) is 34.5. The van der Waals surface area contributed by atoms with Crippen molar-refractivity contribution in [2.24, 2.45) is 0 Å². The lowest BCUT2D eigenvalue weighted by Gasteiger charge is -2.28. The Morgan fingerprint density at radius 2 is 0.872 bits per heavy atom. The van der Waals surface area contributed by atoms with Crippen LogP contribution in [0.1, 0.15) is 70.7 Å². The molecule has 0 saturated carbocycles. The number of hydrogen-bond acceptors (Lipinski definition) is 10. The minimum Gasteiger partial charge on any atom is -0.497 e. The van der Waals surface area contributed by atoms with Gasteiger partial charge >= 0.3 is 11.9 Å². The van der Waals surface area contributed by atoms with E-state index < -0.39 is 23.1 Å². The molecule has 4 N–H and O–H groups in total. The number of carbonyl (C=O) groups excluding carboxylic acids is 2. The molecule has 0 aliphatic heterocycles. The van der Waals surface area contributed by atoms with Crippen molar-refractivity contribution in [1.82, 2.24) is 0 Å². The lowest BCUT2D eigenvalue weighted by atomic mass is 9.93. The highest BCUT2D eigenvalue weighted by Gasteiger charge is 2.32. The summed E-state index contributed by atoms with van der Waals surface area (Å²) in [5.41, 5.74) is 13.8. The third kappa shape index (κ3) is 7.71. The van der Waals surface area contributed by atoms with Crippen molar-refractivity contribution in [3.63, 3.8) is 0 Å². The van der Waals surface area contributed by atoms with E-state index in [0.717, 1.165) is 0 Å². The van der Waals surface area contributed by atoms with Crippen LogP contribution in [-0.2, 0) is 27.1 Å². The predicted molar refractivity (Wildman–Crippen MR) is 180 cm³/mol. The van der Waals surface area contributed by atoms with E-state index in [9.17, 15) is 9.59 Å². The Kier molecular flexibility index (Phi) is 10.2. The summed E-state index contributed by atoms with van der Waals surface area (Å²) in [4.78, 5) is 27.6. The van der Waals surface area contributed by atoms with E-state index in [1.54, 1.807) is 129 Å². The molecule has 0 unspecified atom stereocenters. The number of nitrogen functional groups attached to an aromatic ring is 2. The van der Waals surface area contributed by atoms with Gasteiger partial charge in [-0.3, -0.25) is 0 Å². The molecule has 0 atom stereocenters. The van der Waals surface area contributed by atoms with Gasteiger partial charge in [-0.05, 0) is 81.6 Å². The molecule has 0 radical (unpaired) electrons. The van der Waals surface area contributed by atoms with Crippen LogP contribution in [0.5, 0.6) is 23.0 Å². The molecule has 0 heterocycles. The second-order valence-electron chi connectivity index (χ2n) is 11.9. The van der Waals surface area contributed by atoms with Crippen molar-refractivity contribution >= 4 is 23.3 Å². The Hall–Kier alpha value is -5.38. The van der Waals surface area contributed by atoms with E-state index in [-0.39, 0.29) is 28.9 Å². The van der Waals surface area contributed by atoms with Gasteiger partial charge in [-0.1, -0.05) is 24.3 Å². The van der Waals surface area contributed by atoms with Gasteiger partial charge in [-0.15, -0.1) is 0 Å². The fourth-order valence-electron chi connectivity index (χ4n) is 5.23. The van der Waals surface area contributed by atoms with Crippen molar-refractivity contribution in [3.05, 3.63) is 106 Å². The van der Waals surface area contributed by atoms with Crippen molar-refractivity contribution in [3.8, 4) is 23.0 Å². The lowest BCUT2D eigenvalue weighted by molar-refractivity contribution is -0.00418. The Bertz CT molecular complexity index is 1610. The number of rotatable bonds is 12. The minimum atomic E-state index is -1.08. The summed E-state index contributed by atoms with van der Waals surface area (Å²) in [7, 11) is 6.19. The molecule has 0 spiro atoms. The van der Waals surface area contributed by atoms with E-state index in [2.05, 4.69) is 0 Å². The third-order valence-electron chi connectivity index (χ3n) is 7.94. The predicted octanol–water partition coefficient (Wildman–Crippen LogP) is 6.66. The molecule has 248 valence electrons. The largest absolute Gasteiger partial charge is 0.497 e. The molecule has 10 heteroatoms. The maximum atomic E-state index is 13.8. The molecule has 0 aliphatic rings. The van der Waals surface area contributed by atoms with E-state index in [1.165, 1.54) is 0 Å². The topological polar surface area (TPSA) is 142 Å². The van der Waals surface area contributed by atoms with Gasteiger partial charge in [0.1, 0.15) is 34.2 Å². The summed E-state index contributed by atoms with van der Waals surface area (Å²) in [5.74, 6) is 0.949. The highest BCUT2D eigenvalue weighted by molar-refractivity contribution is 5.99. The SMILES string of the molecule is COc1cc(OC)cc(C(C)(C)OC(=O)c2c(N)cccc2Cc2cccc(N)c2C(=O)OC(C)(C)c2cc(OC)cc(OC)c2)c1. The van der Waals surface area contributed by atoms with Gasteiger partial charge in [0.15, 0.2) is 0 Å². The highest BCUT2D eigenvalue weighted by Crippen LogP contribution is 2.36. The summed E-state index contributed by atoms with van der Waals surface area (Å²) in [6, 6.07) is 20.8. The van der Waals surface area contributed by atoms with Gasteiger partial charge in [-0.2, -0.15) is 0 Å². The Morgan fingerprint density at radius 3 is 1.17 bits per heavy atom. The van der Waals surface area contributed by atoms with Gasteiger partial charge in [0.2, 0.25) is 0 Å². The van der Waals surface area contributed by atoms with Crippen LogP contribution in [-0.4, -0.2) is 40.4 Å². The van der Waals surface area contributed by atoms with Crippen molar-refractivity contribution in [2.75, 3.05) is 39.9 Å². The number of hydrogen-bond donors (Lipinski definition) is 2. The quantitative estimate of drug-likeness (QED) is 0.127. The van der Waals surface area contributed by atoms with Crippen LogP contribution >= 0.6 is 0 Å². The number of ether oxygens (including phenoxy) is 6. The molecule has 0 saturated heterocycles. The standard InChI is InChI=1S/C37H42N2O8/c1-36(2,24-16-26(42-5)20-27(17-24)43-6)46-34(40)32-22(11-9-13-30(32)38)15-23-12-10-14-31(39)33(23)35(41)47-37(3,4)25-18-28(44-7)21-29(19-25)45-8/h9-14,16-21H,15,38-39H2,1-8H3. The fraction of sp³-hybridized carbons (Fsp3) is 0.297. The van der Waals surface area contributed by atoms with Crippen LogP contribution in [0.2, 0.25) is 0 Å². The smallest absolute Gasteiger partial charge is 0.341 e. The van der Waals surface area contributed by atoms with Gasteiger partial charge in [0.05, 0.1) is 39.6 Å². The second kappa shape index (κ2) is 13.9. The molecule has 10 nitrogen and oxygen atoms in total. The number of benzene rings is 4. The van der Waals surface area contributed by atoms with E-state index in [0.29, 0.717) is 45.3 Å². The van der Waals surface area contributed by atoms with Crippen LogP contribution in [0.3, 0.4) is 0 Å². The Labute approximate surface area is 275 Å². The molecule has 4 rings (SSSR count). The Morgan fingerprint density at radius 1 is 0.553 bits per heavy atom. The van der Waals surface area contributed by atoms with E-state index in [1.807, 2.05) is 0 Å². The zero-order valence-electron chi connectivity index (χ0n) is 28.1. The van der Waals surface area contributed by atoms with Gasteiger partial charge in [0, 0.05) is 34.6 Å². The first-order chi connectivity index (χ1) is 22.2. The van der Waals surface area contributed by atoms with Crippen LogP contribution in [0.4, 0.5) is 11.4 Å². The van der Waals surface area contributed by atoms with Crippen LogP contribution in [0.25, 0.3) is 0 Å². The molecule has 0 bridgehead atoms.